The van der Waals surface area contributed by atoms with Crippen LogP contribution in [0, 0.1) is 13.8 Å². The average Bonchev–Trinajstić information content (AvgIpc) is 3.24. The number of carbonyl (C=O) groups excluding carboxylic acids is 2. The first kappa shape index (κ1) is 22.5. The number of rotatable bonds is 6. The minimum Gasteiger partial charge on any atom is -0.434 e. The number of aromatic nitrogens is 1. The van der Waals surface area contributed by atoms with Gasteiger partial charge in [-0.2, -0.15) is 13.9 Å². The Bertz CT molecular complexity index is 1240. The van der Waals surface area contributed by atoms with Crippen LogP contribution in [0.25, 0.3) is 11.3 Å². The zero-order valence-electron chi connectivity index (χ0n) is 17.8. The van der Waals surface area contributed by atoms with Crippen LogP contribution in [0.4, 0.5) is 19.6 Å². The maximum absolute atomic E-state index is 12.8. The number of halogens is 2. The molecule has 7 nitrogen and oxygen atoms in total. The fourth-order valence-electron chi connectivity index (χ4n) is 3.35. The first-order chi connectivity index (χ1) is 15.8. The predicted molar refractivity (Wildman–Crippen MR) is 123 cm³/mol. The first-order valence-electron chi connectivity index (χ1n) is 10.1. The highest BCUT2D eigenvalue weighted by atomic mass is 32.1. The van der Waals surface area contributed by atoms with Gasteiger partial charge in [0.15, 0.2) is 5.13 Å². The summed E-state index contributed by atoms with van der Waals surface area (Å²) in [6, 6.07) is 12.0. The van der Waals surface area contributed by atoms with Crippen LogP contribution in [0.3, 0.4) is 0 Å². The summed E-state index contributed by atoms with van der Waals surface area (Å²) >= 11 is 1.14. The number of hydrazone groups is 1. The molecule has 0 radical (unpaired) electrons. The molecule has 33 heavy (non-hydrogen) atoms. The van der Waals surface area contributed by atoms with Crippen molar-refractivity contribution in [1.82, 2.24) is 4.98 Å². The zero-order chi connectivity index (χ0) is 23.5. The Morgan fingerprint density at radius 3 is 2.76 bits per heavy atom. The molecule has 1 N–H and O–H groups in total. The summed E-state index contributed by atoms with van der Waals surface area (Å²) in [4.78, 5) is 29.6. The highest BCUT2D eigenvalue weighted by molar-refractivity contribution is 7.14. The molecule has 0 spiro atoms. The van der Waals surface area contributed by atoms with Crippen LogP contribution in [0.2, 0.25) is 0 Å². The molecule has 0 saturated heterocycles. The van der Waals surface area contributed by atoms with E-state index in [1.165, 1.54) is 11.1 Å². The van der Waals surface area contributed by atoms with Crippen molar-refractivity contribution in [3.63, 3.8) is 0 Å². The second-order valence-corrected chi connectivity index (χ2v) is 8.27. The van der Waals surface area contributed by atoms with Crippen molar-refractivity contribution in [2.45, 2.75) is 33.3 Å². The number of carbonyl (C=O) groups is 2. The molecular weight excluding hydrogens is 450 g/mol. The number of ether oxygens (including phenoxy) is 1. The molecule has 1 aliphatic rings. The zero-order valence-corrected chi connectivity index (χ0v) is 18.7. The number of benzene rings is 2. The molecule has 0 fully saturated rings. The number of hydrogen-bond acceptors (Lipinski definition) is 6. The van der Waals surface area contributed by atoms with E-state index >= 15 is 0 Å². The standard InChI is InChI=1S/C23H20F2N4O3S/c1-13-7-8-14(2)18(11-13)29-20(30)10-9-16(28-29)21(31)27-23-26-17(12-33-23)15-5-3-4-6-19(15)32-22(24)25/h3-8,11-12,22H,9-10H2,1-2H3,(H,26,27,31). The van der Waals surface area contributed by atoms with Crippen molar-refractivity contribution in [2.75, 3.05) is 10.3 Å². The van der Waals surface area contributed by atoms with Crippen LogP contribution in [-0.2, 0) is 9.59 Å². The van der Waals surface area contributed by atoms with E-state index in [0.717, 1.165) is 22.5 Å². The van der Waals surface area contributed by atoms with Gasteiger partial charge in [0.1, 0.15) is 11.5 Å². The van der Waals surface area contributed by atoms with Crippen molar-refractivity contribution in [3.05, 3.63) is 59.0 Å². The summed E-state index contributed by atoms with van der Waals surface area (Å²) in [6.45, 7) is 0.827. The normalized spacial score (nSPS) is 13.8. The van der Waals surface area contributed by atoms with Crippen LogP contribution in [0.1, 0.15) is 24.0 Å². The fourth-order valence-corrected chi connectivity index (χ4v) is 4.06. The highest BCUT2D eigenvalue weighted by Gasteiger charge is 2.27. The number of alkyl halides is 2. The second-order valence-electron chi connectivity index (χ2n) is 7.41. The Hall–Kier alpha value is -3.66. The molecular formula is C23H20F2N4O3S. The minimum absolute atomic E-state index is 0.00462. The van der Waals surface area contributed by atoms with Gasteiger partial charge in [-0.05, 0) is 43.2 Å². The van der Waals surface area contributed by atoms with E-state index in [-0.39, 0.29) is 35.3 Å². The summed E-state index contributed by atoms with van der Waals surface area (Å²) in [5.74, 6) is -0.668. The molecule has 2 heterocycles. The lowest BCUT2D eigenvalue weighted by atomic mass is 10.1. The van der Waals surface area contributed by atoms with Crippen molar-refractivity contribution in [3.8, 4) is 17.0 Å². The molecule has 3 aromatic rings. The van der Waals surface area contributed by atoms with E-state index in [1.807, 2.05) is 32.0 Å². The lowest BCUT2D eigenvalue weighted by Crippen LogP contribution is -2.36. The van der Waals surface area contributed by atoms with Crippen molar-refractivity contribution in [1.29, 1.82) is 0 Å². The highest BCUT2D eigenvalue weighted by Crippen LogP contribution is 2.33. The lowest BCUT2D eigenvalue weighted by Gasteiger charge is -2.24. The molecule has 0 saturated carbocycles. The van der Waals surface area contributed by atoms with E-state index in [9.17, 15) is 18.4 Å². The lowest BCUT2D eigenvalue weighted by molar-refractivity contribution is -0.118. The van der Waals surface area contributed by atoms with Crippen LogP contribution in [-0.4, -0.2) is 29.1 Å². The van der Waals surface area contributed by atoms with Gasteiger partial charge in [-0.1, -0.05) is 24.3 Å². The molecule has 2 aromatic carbocycles. The van der Waals surface area contributed by atoms with Crippen LogP contribution < -0.4 is 15.1 Å². The van der Waals surface area contributed by atoms with Gasteiger partial charge >= 0.3 is 6.61 Å². The van der Waals surface area contributed by atoms with E-state index in [1.54, 1.807) is 23.6 Å². The van der Waals surface area contributed by atoms with Crippen molar-refractivity contribution < 1.29 is 23.1 Å². The number of nitrogens with zero attached hydrogens (tertiary/aromatic N) is 3. The van der Waals surface area contributed by atoms with Gasteiger partial charge in [0.25, 0.3) is 5.91 Å². The monoisotopic (exact) mass is 470 g/mol. The largest absolute Gasteiger partial charge is 0.434 e. The van der Waals surface area contributed by atoms with Gasteiger partial charge < -0.3 is 4.74 Å². The van der Waals surface area contributed by atoms with Gasteiger partial charge in [0.2, 0.25) is 5.91 Å². The summed E-state index contributed by atoms with van der Waals surface area (Å²) in [7, 11) is 0. The van der Waals surface area contributed by atoms with Gasteiger partial charge in [-0.15, -0.1) is 11.3 Å². The topological polar surface area (TPSA) is 83.9 Å². The van der Waals surface area contributed by atoms with E-state index in [2.05, 4.69) is 20.1 Å². The van der Waals surface area contributed by atoms with E-state index in [4.69, 9.17) is 0 Å². The van der Waals surface area contributed by atoms with Gasteiger partial charge in [0.05, 0.1) is 11.4 Å². The quantitative estimate of drug-likeness (QED) is 0.540. The number of aryl methyl sites for hydroxylation is 2. The van der Waals surface area contributed by atoms with Crippen LogP contribution in [0.15, 0.2) is 52.9 Å². The SMILES string of the molecule is Cc1ccc(C)c(N2N=C(C(=O)Nc3nc(-c4ccccc4OC(F)F)cs3)CCC2=O)c1. The third-order valence-electron chi connectivity index (χ3n) is 4.99. The summed E-state index contributed by atoms with van der Waals surface area (Å²) in [5, 5.41) is 10.2. The molecule has 0 aliphatic carbocycles. The number of hydrogen-bond donors (Lipinski definition) is 1. The van der Waals surface area contributed by atoms with Gasteiger partial charge in [-0.3, -0.25) is 14.9 Å². The van der Waals surface area contributed by atoms with Crippen molar-refractivity contribution >= 4 is 39.7 Å². The minimum atomic E-state index is -2.96. The molecule has 0 atom stereocenters. The molecule has 1 aliphatic heterocycles. The average molecular weight is 471 g/mol. The number of thiazole rings is 1. The molecule has 1 aromatic heterocycles. The van der Waals surface area contributed by atoms with Gasteiger partial charge in [0, 0.05) is 23.8 Å². The Balaban J connectivity index is 1.54. The second kappa shape index (κ2) is 9.45. The molecule has 2 amide bonds. The Labute approximate surface area is 192 Å². The number of nitrogens with one attached hydrogen (secondary N) is 1. The maximum atomic E-state index is 12.8. The van der Waals surface area contributed by atoms with E-state index in [0.29, 0.717) is 16.9 Å². The third-order valence-corrected chi connectivity index (χ3v) is 5.75. The Morgan fingerprint density at radius 1 is 1.18 bits per heavy atom. The number of anilines is 2. The molecule has 4 rings (SSSR count). The summed E-state index contributed by atoms with van der Waals surface area (Å²) < 4.78 is 29.9. The maximum Gasteiger partial charge on any atom is 0.387 e. The Morgan fingerprint density at radius 2 is 1.97 bits per heavy atom. The number of para-hydroxylation sites is 1. The first-order valence-corrected chi connectivity index (χ1v) is 11.0. The summed E-state index contributed by atoms with van der Waals surface area (Å²) in [5.41, 5.74) is 3.46. The van der Waals surface area contributed by atoms with Crippen LogP contribution in [0.5, 0.6) is 5.75 Å². The van der Waals surface area contributed by atoms with Crippen molar-refractivity contribution in [2.24, 2.45) is 5.10 Å². The number of amides is 2. The fraction of sp³-hybridized carbons (Fsp3) is 0.217. The molecule has 10 heteroatoms. The van der Waals surface area contributed by atoms with Crippen LogP contribution >= 0.6 is 11.3 Å². The smallest absolute Gasteiger partial charge is 0.387 e. The third kappa shape index (κ3) is 5.06. The Kier molecular flexibility index (Phi) is 6.45. The molecule has 0 unspecified atom stereocenters. The van der Waals surface area contributed by atoms with Gasteiger partial charge in [-0.25, -0.2) is 9.99 Å². The van der Waals surface area contributed by atoms with E-state index < -0.39 is 12.5 Å². The molecule has 170 valence electrons. The predicted octanol–water partition coefficient (Wildman–Crippen LogP) is 5.15. The summed E-state index contributed by atoms with van der Waals surface area (Å²) in [6.07, 6.45) is 0.358. The molecule has 0 bridgehead atoms.